The lowest BCUT2D eigenvalue weighted by Gasteiger charge is -2.61. The number of carbonyl (C=O) groups is 2. The summed E-state index contributed by atoms with van der Waals surface area (Å²) >= 11 is 0. The van der Waals surface area contributed by atoms with E-state index in [9.17, 15) is 9.59 Å². The number of benzene rings is 1. The van der Waals surface area contributed by atoms with E-state index in [2.05, 4.69) is 49.9 Å². The van der Waals surface area contributed by atoms with E-state index in [-0.39, 0.29) is 40.6 Å². The van der Waals surface area contributed by atoms with E-state index in [1.165, 1.54) is 18.2 Å². The lowest BCUT2D eigenvalue weighted by Crippen LogP contribution is -2.65. The predicted octanol–water partition coefficient (Wildman–Crippen LogP) is 4.11. The van der Waals surface area contributed by atoms with Crippen LogP contribution in [0.3, 0.4) is 0 Å². The second-order valence-electron chi connectivity index (χ2n) is 9.80. The van der Waals surface area contributed by atoms with Crippen LogP contribution in [0.5, 0.6) is 0 Å². The molecular weight excluding hydrogens is 350 g/mol. The molecule has 2 fully saturated rings. The molecule has 2 aliphatic carbocycles. The smallest absolute Gasteiger partial charge is 0.308 e. The van der Waals surface area contributed by atoms with Crippen molar-refractivity contribution in [2.24, 2.45) is 17.3 Å². The molecule has 2 bridgehead atoms. The van der Waals surface area contributed by atoms with E-state index in [1.54, 1.807) is 0 Å². The Bertz CT molecular complexity index is 786. The second kappa shape index (κ2) is 6.89. The first-order chi connectivity index (χ1) is 13.3. The minimum atomic E-state index is -0.157. The van der Waals surface area contributed by atoms with E-state index in [1.807, 2.05) is 0 Å². The summed E-state index contributed by atoms with van der Waals surface area (Å²) in [6.45, 7) is 7.88. The van der Waals surface area contributed by atoms with Crippen LogP contribution >= 0.6 is 0 Å². The first kappa shape index (κ1) is 19.5. The molecule has 1 aromatic carbocycles. The van der Waals surface area contributed by atoms with Crippen LogP contribution in [0.1, 0.15) is 64.0 Å². The number of carbonyl (C=O) groups excluding carboxylic acids is 2. The molecular formula is C24H33NO3. The van der Waals surface area contributed by atoms with Crippen LogP contribution in [0, 0.1) is 17.3 Å². The Labute approximate surface area is 168 Å². The van der Waals surface area contributed by atoms with Gasteiger partial charge in [0.2, 0.25) is 5.91 Å². The first-order valence-corrected chi connectivity index (χ1v) is 10.8. The van der Waals surface area contributed by atoms with Gasteiger partial charge in [-0.3, -0.25) is 9.59 Å². The molecule has 3 aliphatic rings. The van der Waals surface area contributed by atoms with Crippen molar-refractivity contribution in [1.82, 2.24) is 4.90 Å². The number of hydrogen-bond donors (Lipinski definition) is 0. The highest BCUT2D eigenvalue weighted by molar-refractivity contribution is 5.81. The molecule has 0 aromatic heterocycles. The molecule has 152 valence electrons. The van der Waals surface area contributed by atoms with Crippen LogP contribution in [0.25, 0.3) is 0 Å². The van der Waals surface area contributed by atoms with Crippen molar-refractivity contribution in [3.05, 3.63) is 35.4 Å². The normalized spacial score (nSPS) is 33.7. The minimum absolute atomic E-state index is 0.0195. The van der Waals surface area contributed by atoms with Crippen molar-refractivity contribution < 1.29 is 14.3 Å². The minimum Gasteiger partial charge on any atom is -0.469 e. The quantitative estimate of drug-likeness (QED) is 0.722. The SMILES string of the molecule is COC(=O)[C@@H]1CCC[C@H](C(=O)N2CC[C@@]3(C)c4ccccc4C[C@@H]2C3(C)C)C1. The fourth-order valence-corrected chi connectivity index (χ4v) is 6.16. The molecule has 28 heavy (non-hydrogen) atoms. The largest absolute Gasteiger partial charge is 0.469 e. The van der Waals surface area contributed by atoms with Gasteiger partial charge < -0.3 is 9.64 Å². The number of amides is 1. The number of nitrogens with zero attached hydrogens (tertiary/aromatic N) is 1. The molecule has 1 amide bonds. The van der Waals surface area contributed by atoms with Crippen LogP contribution in [-0.4, -0.2) is 36.5 Å². The molecule has 4 atom stereocenters. The number of fused-ring (bicyclic) bond motifs is 4. The summed E-state index contributed by atoms with van der Waals surface area (Å²) in [7, 11) is 1.45. The van der Waals surface area contributed by atoms with Crippen molar-refractivity contribution in [3.63, 3.8) is 0 Å². The van der Waals surface area contributed by atoms with Gasteiger partial charge in [0.1, 0.15) is 0 Å². The fourth-order valence-electron chi connectivity index (χ4n) is 6.16. The van der Waals surface area contributed by atoms with Gasteiger partial charge in [0, 0.05) is 23.9 Å². The summed E-state index contributed by atoms with van der Waals surface area (Å²) in [5, 5.41) is 0. The third-order valence-corrected chi connectivity index (χ3v) is 8.35. The average Bonchev–Trinajstić information content (AvgIpc) is 2.70. The van der Waals surface area contributed by atoms with Gasteiger partial charge in [0.25, 0.3) is 0 Å². The van der Waals surface area contributed by atoms with Gasteiger partial charge in [-0.05, 0) is 48.6 Å². The Hall–Kier alpha value is -1.84. The van der Waals surface area contributed by atoms with Gasteiger partial charge in [-0.15, -0.1) is 0 Å². The molecule has 4 heteroatoms. The zero-order chi connectivity index (χ0) is 20.1. The summed E-state index contributed by atoms with van der Waals surface area (Å²) in [5.41, 5.74) is 2.96. The third kappa shape index (κ3) is 2.79. The Morgan fingerprint density at radius 2 is 1.82 bits per heavy atom. The van der Waals surface area contributed by atoms with Gasteiger partial charge in [0.15, 0.2) is 0 Å². The van der Waals surface area contributed by atoms with Crippen LogP contribution in [0.4, 0.5) is 0 Å². The van der Waals surface area contributed by atoms with E-state index >= 15 is 0 Å². The van der Waals surface area contributed by atoms with Crippen molar-refractivity contribution in [1.29, 1.82) is 0 Å². The maximum absolute atomic E-state index is 13.6. The van der Waals surface area contributed by atoms with Crippen LogP contribution < -0.4 is 0 Å². The van der Waals surface area contributed by atoms with Gasteiger partial charge in [-0.2, -0.15) is 0 Å². The van der Waals surface area contributed by atoms with Gasteiger partial charge in [0.05, 0.1) is 13.0 Å². The highest BCUT2D eigenvalue weighted by Gasteiger charge is 2.57. The summed E-state index contributed by atoms with van der Waals surface area (Å²) < 4.78 is 4.95. The molecule has 4 rings (SSSR count). The van der Waals surface area contributed by atoms with Crippen molar-refractivity contribution in [2.75, 3.05) is 13.7 Å². The van der Waals surface area contributed by atoms with Gasteiger partial charge in [-0.25, -0.2) is 0 Å². The monoisotopic (exact) mass is 383 g/mol. The zero-order valence-corrected chi connectivity index (χ0v) is 17.7. The average molecular weight is 384 g/mol. The highest BCUT2D eigenvalue weighted by Crippen LogP contribution is 2.56. The zero-order valence-electron chi connectivity index (χ0n) is 17.7. The number of likely N-dealkylation sites (tertiary alicyclic amines) is 1. The summed E-state index contributed by atoms with van der Waals surface area (Å²) in [6, 6.07) is 8.99. The molecule has 4 nitrogen and oxygen atoms in total. The number of hydrogen-bond acceptors (Lipinski definition) is 3. The molecule has 1 aliphatic heterocycles. The highest BCUT2D eigenvalue weighted by atomic mass is 16.5. The summed E-state index contributed by atoms with van der Waals surface area (Å²) in [4.78, 5) is 27.8. The first-order valence-electron chi connectivity index (χ1n) is 10.8. The van der Waals surface area contributed by atoms with E-state index in [0.29, 0.717) is 6.42 Å². The molecule has 0 spiro atoms. The van der Waals surface area contributed by atoms with Crippen molar-refractivity contribution in [3.8, 4) is 0 Å². The van der Waals surface area contributed by atoms with Crippen molar-refractivity contribution in [2.45, 2.75) is 70.8 Å². The summed E-state index contributed by atoms with van der Waals surface area (Å²) in [5.74, 6) is -0.0678. The Balaban J connectivity index is 1.61. The molecule has 1 saturated carbocycles. The lowest BCUT2D eigenvalue weighted by molar-refractivity contribution is -0.153. The van der Waals surface area contributed by atoms with Crippen molar-refractivity contribution >= 4 is 11.9 Å². The molecule has 0 radical (unpaired) electrons. The van der Waals surface area contributed by atoms with Crippen LogP contribution in [0.2, 0.25) is 0 Å². The summed E-state index contributed by atoms with van der Waals surface area (Å²) in [6.07, 6.45) is 5.23. The Morgan fingerprint density at radius 3 is 2.57 bits per heavy atom. The number of methoxy groups -OCH3 is 1. The van der Waals surface area contributed by atoms with E-state index in [0.717, 1.165) is 38.6 Å². The second-order valence-corrected chi connectivity index (χ2v) is 9.80. The Morgan fingerprint density at radius 1 is 1.11 bits per heavy atom. The molecule has 1 saturated heterocycles. The fraction of sp³-hybridized carbons (Fsp3) is 0.667. The topological polar surface area (TPSA) is 46.6 Å². The molecule has 1 heterocycles. The predicted molar refractivity (Wildman–Crippen MR) is 109 cm³/mol. The number of ether oxygens (including phenoxy) is 1. The number of esters is 1. The number of piperidine rings is 1. The van der Waals surface area contributed by atoms with E-state index in [4.69, 9.17) is 4.74 Å². The molecule has 0 N–H and O–H groups in total. The van der Waals surface area contributed by atoms with Crippen LogP contribution in [0.15, 0.2) is 24.3 Å². The third-order valence-electron chi connectivity index (χ3n) is 8.35. The molecule has 1 aromatic rings. The Kier molecular flexibility index (Phi) is 4.79. The molecule has 0 unspecified atom stereocenters. The van der Waals surface area contributed by atoms with Crippen LogP contribution in [-0.2, 0) is 26.2 Å². The standard InChI is InChI=1S/C24H33NO3/c1-23(2)20-15-16-8-5-6-11-19(16)24(23,3)12-13-25(20)21(26)17-9-7-10-18(14-17)22(27)28-4/h5-6,8,11,17-18,20H,7,9-10,12-15H2,1-4H3/t17-,18+,20+,24-/m0/s1. The number of rotatable bonds is 2. The maximum Gasteiger partial charge on any atom is 0.308 e. The maximum atomic E-state index is 13.6. The van der Waals surface area contributed by atoms with Gasteiger partial charge in [-0.1, -0.05) is 51.5 Å². The lowest BCUT2D eigenvalue weighted by atomic mass is 9.51. The van der Waals surface area contributed by atoms with E-state index < -0.39 is 0 Å². The van der Waals surface area contributed by atoms with Gasteiger partial charge >= 0.3 is 5.97 Å².